The first-order valence-corrected chi connectivity index (χ1v) is 14.6. The van der Waals surface area contributed by atoms with E-state index < -0.39 is 11.9 Å². The molecule has 2 atom stereocenters. The van der Waals surface area contributed by atoms with E-state index in [0.29, 0.717) is 79.0 Å². The lowest BCUT2D eigenvalue weighted by molar-refractivity contribution is -0.126. The van der Waals surface area contributed by atoms with Crippen LogP contribution in [0.2, 0.25) is 0 Å². The molecule has 10 heteroatoms. The van der Waals surface area contributed by atoms with E-state index in [4.69, 9.17) is 37.9 Å². The SMILES string of the molecule is CCC(OC)OCCCOc1ccc(C(=O)Oc2ccc(OC(=O)c3ccc(OCCCOC(C)OC)cc3)c(C)c2)cc1. The van der Waals surface area contributed by atoms with Gasteiger partial charge in [-0.05, 0) is 92.6 Å². The molecule has 0 amide bonds. The molecule has 0 fully saturated rings. The molecule has 10 nitrogen and oxygen atoms in total. The van der Waals surface area contributed by atoms with E-state index in [2.05, 4.69) is 0 Å². The van der Waals surface area contributed by atoms with Gasteiger partial charge in [0.1, 0.15) is 23.0 Å². The highest BCUT2D eigenvalue weighted by atomic mass is 16.7. The molecule has 0 aliphatic rings. The van der Waals surface area contributed by atoms with Crippen LogP contribution in [-0.2, 0) is 18.9 Å². The van der Waals surface area contributed by atoms with Crippen molar-refractivity contribution in [2.24, 2.45) is 0 Å². The number of ether oxygens (including phenoxy) is 8. The normalized spacial score (nSPS) is 12.3. The lowest BCUT2D eigenvalue weighted by Crippen LogP contribution is -2.15. The van der Waals surface area contributed by atoms with Gasteiger partial charge in [0.05, 0.1) is 37.6 Å². The van der Waals surface area contributed by atoms with Crippen molar-refractivity contribution in [1.82, 2.24) is 0 Å². The Morgan fingerprint density at radius 1 is 0.659 bits per heavy atom. The van der Waals surface area contributed by atoms with Gasteiger partial charge < -0.3 is 37.9 Å². The Hall–Kier alpha value is -3.96. The smallest absolute Gasteiger partial charge is 0.343 e. The van der Waals surface area contributed by atoms with Crippen LogP contribution in [0.1, 0.15) is 59.4 Å². The van der Waals surface area contributed by atoms with Crippen molar-refractivity contribution < 1.29 is 47.5 Å². The Balaban J connectivity index is 1.43. The molecule has 0 spiro atoms. The van der Waals surface area contributed by atoms with Crippen LogP contribution in [0.15, 0.2) is 66.7 Å². The van der Waals surface area contributed by atoms with E-state index in [0.717, 1.165) is 6.42 Å². The zero-order chi connectivity index (χ0) is 31.7. The quantitative estimate of drug-likeness (QED) is 0.0657. The lowest BCUT2D eigenvalue weighted by atomic mass is 10.2. The first-order valence-electron chi connectivity index (χ1n) is 14.6. The molecule has 3 rings (SSSR count). The van der Waals surface area contributed by atoms with Crippen molar-refractivity contribution in [1.29, 1.82) is 0 Å². The van der Waals surface area contributed by atoms with Crippen LogP contribution in [0.3, 0.4) is 0 Å². The summed E-state index contributed by atoms with van der Waals surface area (Å²) in [5.74, 6) is 0.945. The van der Waals surface area contributed by atoms with Crippen LogP contribution in [0.4, 0.5) is 0 Å². The molecule has 0 saturated heterocycles. The summed E-state index contributed by atoms with van der Waals surface area (Å²) >= 11 is 0. The monoisotopic (exact) mass is 610 g/mol. The minimum absolute atomic E-state index is 0.201. The Morgan fingerprint density at radius 2 is 1.18 bits per heavy atom. The summed E-state index contributed by atoms with van der Waals surface area (Å²) in [7, 11) is 3.21. The summed E-state index contributed by atoms with van der Waals surface area (Å²) in [5.41, 5.74) is 1.39. The Bertz CT molecular complexity index is 1290. The number of esters is 2. The standard InChI is InChI=1S/C34H42O10/c1-6-32(38-5)42-22-8-21-41-28-13-9-26(10-14-28)33(35)43-30-17-18-31(24(2)23-30)44-34(36)27-11-15-29(16-12-27)40-20-7-19-39-25(3)37-4/h9-18,23,25,32H,6-8,19-22H2,1-5H3. The fraction of sp³-hybridized carbons (Fsp3) is 0.412. The second-order valence-electron chi connectivity index (χ2n) is 9.78. The Labute approximate surface area is 259 Å². The molecule has 0 radical (unpaired) electrons. The number of benzene rings is 3. The highest BCUT2D eigenvalue weighted by Crippen LogP contribution is 2.26. The van der Waals surface area contributed by atoms with E-state index in [1.807, 2.05) is 13.8 Å². The number of rotatable bonds is 19. The maximum absolute atomic E-state index is 12.7. The number of carbonyl (C=O) groups is 2. The van der Waals surface area contributed by atoms with Gasteiger partial charge in [-0.2, -0.15) is 0 Å². The summed E-state index contributed by atoms with van der Waals surface area (Å²) < 4.78 is 43.7. The fourth-order valence-corrected chi connectivity index (χ4v) is 3.88. The van der Waals surface area contributed by atoms with E-state index in [9.17, 15) is 9.59 Å². The Morgan fingerprint density at radius 3 is 1.68 bits per heavy atom. The molecular weight excluding hydrogens is 568 g/mol. The lowest BCUT2D eigenvalue weighted by Gasteiger charge is -2.14. The van der Waals surface area contributed by atoms with Crippen LogP contribution in [-0.4, -0.2) is 65.2 Å². The number of hydrogen-bond acceptors (Lipinski definition) is 10. The number of aryl methyl sites for hydroxylation is 1. The van der Waals surface area contributed by atoms with Gasteiger partial charge in [0.25, 0.3) is 0 Å². The summed E-state index contributed by atoms with van der Waals surface area (Å²) in [5, 5.41) is 0. The highest BCUT2D eigenvalue weighted by Gasteiger charge is 2.14. The molecule has 2 unspecified atom stereocenters. The molecule has 0 bridgehead atoms. The molecule has 3 aromatic carbocycles. The number of carbonyl (C=O) groups excluding carboxylic acids is 2. The number of methoxy groups -OCH3 is 2. The molecule has 238 valence electrons. The molecule has 0 aliphatic carbocycles. The summed E-state index contributed by atoms with van der Waals surface area (Å²) in [4.78, 5) is 25.4. The van der Waals surface area contributed by atoms with Crippen LogP contribution in [0.5, 0.6) is 23.0 Å². The zero-order valence-electron chi connectivity index (χ0n) is 26.0. The second-order valence-corrected chi connectivity index (χ2v) is 9.78. The van der Waals surface area contributed by atoms with Crippen molar-refractivity contribution >= 4 is 11.9 Å². The molecule has 0 heterocycles. The molecule has 44 heavy (non-hydrogen) atoms. The average molecular weight is 611 g/mol. The van der Waals surface area contributed by atoms with Crippen LogP contribution < -0.4 is 18.9 Å². The van der Waals surface area contributed by atoms with Crippen LogP contribution in [0.25, 0.3) is 0 Å². The zero-order valence-corrected chi connectivity index (χ0v) is 26.0. The molecule has 3 aromatic rings. The van der Waals surface area contributed by atoms with E-state index >= 15 is 0 Å². The minimum atomic E-state index is -0.515. The first-order chi connectivity index (χ1) is 21.3. The van der Waals surface area contributed by atoms with Crippen molar-refractivity contribution in [3.63, 3.8) is 0 Å². The third-order valence-corrected chi connectivity index (χ3v) is 6.44. The number of hydrogen-bond donors (Lipinski definition) is 0. The van der Waals surface area contributed by atoms with E-state index in [-0.39, 0.29) is 12.6 Å². The van der Waals surface area contributed by atoms with Gasteiger partial charge in [0.15, 0.2) is 12.6 Å². The first kappa shape index (κ1) is 34.5. The van der Waals surface area contributed by atoms with Gasteiger partial charge in [-0.3, -0.25) is 0 Å². The van der Waals surface area contributed by atoms with Gasteiger partial charge in [0, 0.05) is 27.1 Å². The van der Waals surface area contributed by atoms with Gasteiger partial charge in [-0.15, -0.1) is 0 Å². The molecule has 0 aromatic heterocycles. The van der Waals surface area contributed by atoms with Gasteiger partial charge in [-0.25, -0.2) is 9.59 Å². The largest absolute Gasteiger partial charge is 0.494 e. The topological polar surface area (TPSA) is 108 Å². The van der Waals surface area contributed by atoms with Crippen molar-refractivity contribution in [2.75, 3.05) is 40.6 Å². The minimum Gasteiger partial charge on any atom is -0.494 e. The van der Waals surface area contributed by atoms with Crippen molar-refractivity contribution in [3.8, 4) is 23.0 Å². The summed E-state index contributed by atoms with van der Waals surface area (Å²) in [6.45, 7) is 7.59. The molecule has 0 saturated carbocycles. The maximum atomic E-state index is 12.7. The van der Waals surface area contributed by atoms with Gasteiger partial charge in [0.2, 0.25) is 0 Å². The molecular formula is C34H42O10. The van der Waals surface area contributed by atoms with Gasteiger partial charge in [-0.1, -0.05) is 6.92 Å². The van der Waals surface area contributed by atoms with Gasteiger partial charge >= 0.3 is 11.9 Å². The van der Waals surface area contributed by atoms with Crippen molar-refractivity contribution in [2.45, 2.75) is 52.6 Å². The third kappa shape index (κ3) is 11.6. The highest BCUT2D eigenvalue weighted by molar-refractivity contribution is 5.92. The molecule has 0 aliphatic heterocycles. The predicted octanol–water partition coefficient (Wildman–Crippen LogP) is 6.38. The second kappa shape index (κ2) is 18.6. The third-order valence-electron chi connectivity index (χ3n) is 6.44. The summed E-state index contributed by atoms with van der Waals surface area (Å²) in [6.07, 6.45) is 1.74. The van der Waals surface area contributed by atoms with E-state index in [1.165, 1.54) is 0 Å². The fourth-order valence-electron chi connectivity index (χ4n) is 3.88. The molecule has 0 N–H and O–H groups in total. The predicted molar refractivity (Wildman–Crippen MR) is 164 cm³/mol. The van der Waals surface area contributed by atoms with Crippen molar-refractivity contribution in [3.05, 3.63) is 83.4 Å². The maximum Gasteiger partial charge on any atom is 0.343 e. The average Bonchev–Trinajstić information content (AvgIpc) is 3.04. The Kier molecular flexibility index (Phi) is 14.6. The van der Waals surface area contributed by atoms with E-state index in [1.54, 1.807) is 87.9 Å². The van der Waals surface area contributed by atoms with Crippen LogP contribution in [0, 0.1) is 6.92 Å². The van der Waals surface area contributed by atoms with Crippen LogP contribution >= 0.6 is 0 Å². The summed E-state index contributed by atoms with van der Waals surface area (Å²) in [6, 6.07) is 18.2.